The zero-order valence-corrected chi connectivity index (χ0v) is 13.3. The molecule has 24 heavy (non-hydrogen) atoms. The molecular formula is C18H20F6. The third kappa shape index (κ3) is 4.14. The molecule has 1 aromatic carbocycles. The molecule has 6 heteroatoms. The van der Waals surface area contributed by atoms with E-state index >= 15 is 0 Å². The molecule has 0 saturated heterocycles. The van der Waals surface area contributed by atoms with Gasteiger partial charge in [-0.2, -0.15) is 22.0 Å². The van der Waals surface area contributed by atoms with Crippen LogP contribution in [0.2, 0.25) is 0 Å². The third-order valence-electron chi connectivity index (χ3n) is 4.61. The van der Waals surface area contributed by atoms with Crippen LogP contribution >= 0.6 is 0 Å². The molecule has 1 saturated carbocycles. The van der Waals surface area contributed by atoms with Gasteiger partial charge in [0.15, 0.2) is 0 Å². The summed E-state index contributed by atoms with van der Waals surface area (Å²) < 4.78 is 77.1. The highest BCUT2D eigenvalue weighted by atomic mass is 19.4. The molecule has 1 aromatic rings. The van der Waals surface area contributed by atoms with Crippen molar-refractivity contribution in [3.8, 4) is 0 Å². The van der Waals surface area contributed by atoms with Crippen LogP contribution in [-0.2, 0) is 5.92 Å². The first-order valence-corrected chi connectivity index (χ1v) is 7.98. The van der Waals surface area contributed by atoms with E-state index in [9.17, 15) is 26.3 Å². The molecule has 0 spiro atoms. The van der Waals surface area contributed by atoms with Crippen LogP contribution in [0.1, 0.15) is 49.7 Å². The molecule has 0 nitrogen and oxygen atoms in total. The molecule has 1 atom stereocenters. The average Bonchev–Trinajstić information content (AvgIpc) is 2.54. The first kappa shape index (κ1) is 18.9. The quantitative estimate of drug-likeness (QED) is 0.428. The molecule has 2 rings (SSSR count). The van der Waals surface area contributed by atoms with Gasteiger partial charge in [-0.05, 0) is 50.0 Å². The Morgan fingerprint density at radius 2 is 1.50 bits per heavy atom. The molecule has 134 valence electrons. The SMILES string of the molecule is CC=CC1CCC(c2ccc(C(F)(F)C(F)C(F)(F)F)cc2)CC1. The summed E-state index contributed by atoms with van der Waals surface area (Å²) in [7, 11) is 0. The van der Waals surface area contributed by atoms with Gasteiger partial charge in [-0.3, -0.25) is 0 Å². The van der Waals surface area contributed by atoms with E-state index in [0.717, 1.165) is 43.4 Å². The Balaban J connectivity index is 2.08. The van der Waals surface area contributed by atoms with Crippen molar-refractivity contribution < 1.29 is 26.3 Å². The molecule has 1 aliphatic carbocycles. The van der Waals surface area contributed by atoms with Crippen LogP contribution in [0.5, 0.6) is 0 Å². The average molecular weight is 350 g/mol. The molecular weight excluding hydrogens is 330 g/mol. The molecule has 0 radical (unpaired) electrons. The number of benzene rings is 1. The van der Waals surface area contributed by atoms with Crippen LogP contribution < -0.4 is 0 Å². The van der Waals surface area contributed by atoms with Gasteiger partial charge in [-0.1, -0.05) is 36.4 Å². The van der Waals surface area contributed by atoms with Crippen molar-refractivity contribution in [2.45, 2.75) is 56.8 Å². The maximum atomic E-state index is 13.7. The smallest absolute Gasteiger partial charge is 0.230 e. The highest BCUT2D eigenvalue weighted by molar-refractivity contribution is 5.29. The van der Waals surface area contributed by atoms with Crippen molar-refractivity contribution in [3.05, 3.63) is 47.5 Å². The van der Waals surface area contributed by atoms with Gasteiger partial charge in [0, 0.05) is 5.56 Å². The largest absolute Gasteiger partial charge is 0.426 e. The molecule has 1 fully saturated rings. The van der Waals surface area contributed by atoms with E-state index in [2.05, 4.69) is 6.08 Å². The monoisotopic (exact) mass is 350 g/mol. The first-order valence-electron chi connectivity index (χ1n) is 7.98. The molecule has 1 unspecified atom stereocenters. The zero-order chi connectivity index (χ0) is 18.0. The van der Waals surface area contributed by atoms with Gasteiger partial charge in [0.2, 0.25) is 0 Å². The molecule has 0 bridgehead atoms. The predicted octanol–water partition coefficient (Wildman–Crippen LogP) is 6.53. The van der Waals surface area contributed by atoms with Gasteiger partial charge in [-0.15, -0.1) is 0 Å². The van der Waals surface area contributed by atoms with Crippen LogP contribution in [-0.4, -0.2) is 12.3 Å². The van der Waals surface area contributed by atoms with E-state index in [0.29, 0.717) is 5.92 Å². The molecule has 0 amide bonds. The summed E-state index contributed by atoms with van der Waals surface area (Å²) in [6.45, 7) is 1.96. The minimum atomic E-state index is -5.59. The minimum Gasteiger partial charge on any atom is -0.230 e. The number of hydrogen-bond donors (Lipinski definition) is 0. The van der Waals surface area contributed by atoms with Crippen molar-refractivity contribution in [2.75, 3.05) is 0 Å². The molecule has 0 aromatic heterocycles. The summed E-state index contributed by atoms with van der Waals surface area (Å²) in [5, 5.41) is 0. The number of alkyl halides is 6. The van der Waals surface area contributed by atoms with Gasteiger partial charge in [0.1, 0.15) is 0 Å². The lowest BCUT2D eigenvalue weighted by atomic mass is 9.78. The van der Waals surface area contributed by atoms with E-state index in [1.807, 2.05) is 13.0 Å². The van der Waals surface area contributed by atoms with E-state index < -0.39 is 23.8 Å². The summed E-state index contributed by atoms with van der Waals surface area (Å²) in [6.07, 6.45) is -1.84. The Labute approximate surface area is 137 Å². The van der Waals surface area contributed by atoms with Gasteiger partial charge in [0.25, 0.3) is 6.17 Å². The van der Waals surface area contributed by atoms with Crippen molar-refractivity contribution in [1.29, 1.82) is 0 Å². The van der Waals surface area contributed by atoms with Crippen molar-refractivity contribution >= 4 is 0 Å². The van der Waals surface area contributed by atoms with Crippen LogP contribution in [0, 0.1) is 5.92 Å². The fourth-order valence-corrected chi connectivity index (χ4v) is 3.25. The van der Waals surface area contributed by atoms with E-state index in [1.54, 1.807) is 0 Å². The predicted molar refractivity (Wildman–Crippen MR) is 80.8 cm³/mol. The fourth-order valence-electron chi connectivity index (χ4n) is 3.25. The van der Waals surface area contributed by atoms with Crippen LogP contribution in [0.3, 0.4) is 0 Å². The van der Waals surface area contributed by atoms with E-state index in [1.165, 1.54) is 12.1 Å². The Morgan fingerprint density at radius 1 is 0.958 bits per heavy atom. The van der Waals surface area contributed by atoms with Crippen molar-refractivity contribution in [3.63, 3.8) is 0 Å². The maximum Gasteiger partial charge on any atom is 0.426 e. The summed E-state index contributed by atoms with van der Waals surface area (Å²) in [5.41, 5.74) is -0.130. The number of hydrogen-bond acceptors (Lipinski definition) is 0. The summed E-state index contributed by atoms with van der Waals surface area (Å²) in [5.74, 6) is -3.85. The minimum absolute atomic E-state index is 0.206. The highest BCUT2D eigenvalue weighted by Crippen LogP contribution is 2.43. The second-order valence-corrected chi connectivity index (χ2v) is 6.29. The lowest BCUT2D eigenvalue weighted by molar-refractivity contribution is -0.248. The lowest BCUT2D eigenvalue weighted by Crippen LogP contribution is -2.39. The van der Waals surface area contributed by atoms with Gasteiger partial charge >= 0.3 is 12.1 Å². The van der Waals surface area contributed by atoms with E-state index in [4.69, 9.17) is 0 Å². The van der Waals surface area contributed by atoms with Crippen LogP contribution in [0.4, 0.5) is 26.3 Å². The van der Waals surface area contributed by atoms with Crippen LogP contribution in [0.15, 0.2) is 36.4 Å². The maximum absolute atomic E-state index is 13.7. The Hall–Kier alpha value is -1.46. The fraction of sp³-hybridized carbons (Fsp3) is 0.556. The third-order valence-corrected chi connectivity index (χ3v) is 4.61. The summed E-state index contributed by atoms with van der Waals surface area (Å²) >= 11 is 0. The topological polar surface area (TPSA) is 0 Å². The Kier molecular flexibility index (Phi) is 5.66. The van der Waals surface area contributed by atoms with Crippen molar-refractivity contribution in [1.82, 2.24) is 0 Å². The van der Waals surface area contributed by atoms with E-state index in [-0.39, 0.29) is 5.92 Å². The Bertz CT molecular complexity index is 550. The molecule has 0 aliphatic heterocycles. The second kappa shape index (κ2) is 7.19. The number of allylic oxidation sites excluding steroid dienone is 2. The summed E-state index contributed by atoms with van der Waals surface area (Å²) in [6, 6.07) is 4.61. The standard InChI is InChI=1S/C18H20F6/c1-2-3-12-4-6-13(7-5-12)14-8-10-15(11-9-14)17(20,21)16(19)18(22,23)24/h2-3,8-13,16H,4-7H2,1H3. The second-order valence-electron chi connectivity index (χ2n) is 6.29. The number of halogens is 6. The van der Waals surface area contributed by atoms with Crippen molar-refractivity contribution in [2.24, 2.45) is 5.92 Å². The van der Waals surface area contributed by atoms with Gasteiger partial charge < -0.3 is 0 Å². The zero-order valence-electron chi connectivity index (χ0n) is 13.3. The highest BCUT2D eigenvalue weighted by Gasteiger charge is 2.57. The molecule has 0 heterocycles. The van der Waals surface area contributed by atoms with Gasteiger partial charge in [-0.25, -0.2) is 4.39 Å². The number of rotatable bonds is 4. The van der Waals surface area contributed by atoms with Gasteiger partial charge in [0.05, 0.1) is 0 Å². The summed E-state index contributed by atoms with van der Waals surface area (Å²) in [4.78, 5) is 0. The lowest BCUT2D eigenvalue weighted by Gasteiger charge is -2.28. The Morgan fingerprint density at radius 3 is 1.96 bits per heavy atom. The molecule has 0 N–H and O–H groups in total. The first-order chi connectivity index (χ1) is 11.2. The van der Waals surface area contributed by atoms with Crippen LogP contribution in [0.25, 0.3) is 0 Å². The molecule has 1 aliphatic rings. The normalized spacial score (nSPS) is 24.3.